The summed E-state index contributed by atoms with van der Waals surface area (Å²) in [5.41, 5.74) is 0.346. The number of hydrogen-bond donors (Lipinski definition) is 1. The summed E-state index contributed by atoms with van der Waals surface area (Å²) < 4.78 is 1.21. The molecule has 0 spiro atoms. The summed E-state index contributed by atoms with van der Waals surface area (Å²) in [6.45, 7) is 8.04. The van der Waals surface area contributed by atoms with Gasteiger partial charge in [-0.25, -0.2) is 0 Å². The largest absolute Gasteiger partial charge is 0.319 e. The minimum absolute atomic E-state index is 0.346. The van der Waals surface area contributed by atoms with E-state index >= 15 is 0 Å². The van der Waals surface area contributed by atoms with E-state index in [1.807, 2.05) is 18.4 Å². The molecule has 0 aromatic carbocycles. The number of thiophene rings is 1. The van der Waals surface area contributed by atoms with E-state index in [1.54, 1.807) is 0 Å². The van der Waals surface area contributed by atoms with Crippen LogP contribution in [0.25, 0.3) is 0 Å². The van der Waals surface area contributed by atoms with Crippen molar-refractivity contribution in [2.24, 2.45) is 11.3 Å². The van der Waals surface area contributed by atoms with E-state index in [9.17, 15) is 0 Å². The van der Waals surface area contributed by atoms with E-state index in [4.69, 9.17) is 0 Å². The first kappa shape index (κ1) is 13.2. The monoisotopic (exact) mass is 289 g/mol. The Balaban J connectivity index is 2.74. The van der Waals surface area contributed by atoms with Gasteiger partial charge in [-0.15, -0.1) is 11.3 Å². The fourth-order valence-corrected chi connectivity index (χ4v) is 3.37. The first-order valence-electron chi connectivity index (χ1n) is 5.35. The summed E-state index contributed by atoms with van der Waals surface area (Å²) in [5, 5.41) is 5.47. The molecule has 1 aromatic heterocycles. The van der Waals surface area contributed by atoms with Crippen LogP contribution in [0.15, 0.2) is 15.9 Å². The van der Waals surface area contributed by atoms with Gasteiger partial charge < -0.3 is 5.32 Å². The molecule has 86 valence electrons. The molecule has 3 heteroatoms. The van der Waals surface area contributed by atoms with Crippen molar-refractivity contribution in [1.29, 1.82) is 0 Å². The normalized spacial score (nSPS) is 15.6. The molecule has 1 rings (SSSR count). The molecule has 0 amide bonds. The lowest BCUT2D eigenvalue weighted by Crippen LogP contribution is -2.36. The number of hydrogen-bond acceptors (Lipinski definition) is 2. The van der Waals surface area contributed by atoms with Gasteiger partial charge in [0.2, 0.25) is 0 Å². The van der Waals surface area contributed by atoms with Gasteiger partial charge in [-0.2, -0.15) is 0 Å². The summed E-state index contributed by atoms with van der Waals surface area (Å²) in [6.07, 6.45) is 1.15. The Morgan fingerprint density at radius 2 is 2.20 bits per heavy atom. The Labute approximate surface area is 105 Å². The Kier molecular flexibility index (Phi) is 4.81. The minimum Gasteiger partial charge on any atom is -0.319 e. The van der Waals surface area contributed by atoms with Crippen LogP contribution >= 0.6 is 27.3 Å². The first-order valence-corrected chi connectivity index (χ1v) is 7.03. The Hall–Kier alpha value is 0.140. The zero-order valence-corrected chi connectivity index (χ0v) is 12.3. The Bertz CT molecular complexity index is 308. The third-order valence-corrected chi connectivity index (χ3v) is 4.87. The van der Waals surface area contributed by atoms with Crippen molar-refractivity contribution in [2.75, 3.05) is 13.6 Å². The molecule has 0 radical (unpaired) electrons. The average Bonchev–Trinajstić information content (AvgIpc) is 2.51. The molecule has 0 aliphatic rings. The molecular weight excluding hydrogens is 270 g/mol. The van der Waals surface area contributed by atoms with E-state index in [1.165, 1.54) is 9.35 Å². The maximum absolute atomic E-state index is 3.51. The van der Waals surface area contributed by atoms with E-state index in [0.29, 0.717) is 11.3 Å². The second kappa shape index (κ2) is 5.46. The lowest BCUT2D eigenvalue weighted by molar-refractivity contribution is 0.214. The van der Waals surface area contributed by atoms with Crippen LogP contribution < -0.4 is 5.32 Å². The number of halogens is 1. The van der Waals surface area contributed by atoms with Gasteiger partial charge in [-0.3, -0.25) is 0 Å². The van der Waals surface area contributed by atoms with Crippen molar-refractivity contribution in [3.8, 4) is 0 Å². The van der Waals surface area contributed by atoms with Crippen LogP contribution in [0.4, 0.5) is 0 Å². The van der Waals surface area contributed by atoms with Crippen molar-refractivity contribution in [1.82, 2.24) is 5.32 Å². The summed E-state index contributed by atoms with van der Waals surface area (Å²) in [7, 11) is 2.03. The quantitative estimate of drug-likeness (QED) is 0.866. The third-order valence-electron chi connectivity index (χ3n) is 3.17. The smallest absolute Gasteiger partial charge is 0.0285 e. The molecule has 0 saturated carbocycles. The predicted octanol–water partition coefficient (Wildman–Crippen LogP) is 3.93. The van der Waals surface area contributed by atoms with Gasteiger partial charge in [0.1, 0.15) is 0 Å². The van der Waals surface area contributed by atoms with Crippen LogP contribution in [0.2, 0.25) is 0 Å². The molecule has 1 atom stereocenters. The molecule has 15 heavy (non-hydrogen) atoms. The van der Waals surface area contributed by atoms with Gasteiger partial charge in [-0.05, 0) is 46.8 Å². The third kappa shape index (κ3) is 3.58. The lowest BCUT2D eigenvalue weighted by Gasteiger charge is -2.33. The summed E-state index contributed by atoms with van der Waals surface area (Å²) >= 11 is 5.36. The molecule has 1 N–H and O–H groups in total. The fraction of sp³-hybridized carbons (Fsp3) is 0.667. The van der Waals surface area contributed by atoms with Crippen LogP contribution in [0, 0.1) is 11.3 Å². The average molecular weight is 290 g/mol. The van der Waals surface area contributed by atoms with Crippen LogP contribution in [-0.2, 0) is 6.42 Å². The molecular formula is C12H20BrNS. The lowest BCUT2D eigenvalue weighted by atomic mass is 9.76. The second-order valence-corrected chi connectivity index (χ2v) is 6.66. The molecule has 0 fully saturated rings. The maximum Gasteiger partial charge on any atom is 0.0285 e. The van der Waals surface area contributed by atoms with Crippen molar-refractivity contribution in [3.05, 3.63) is 20.8 Å². The van der Waals surface area contributed by atoms with Gasteiger partial charge in [0.15, 0.2) is 0 Å². The van der Waals surface area contributed by atoms with Gasteiger partial charge >= 0.3 is 0 Å². The zero-order valence-electron chi connectivity index (χ0n) is 9.93. The van der Waals surface area contributed by atoms with Crippen LogP contribution in [0.5, 0.6) is 0 Å². The van der Waals surface area contributed by atoms with Gasteiger partial charge in [0, 0.05) is 21.3 Å². The number of nitrogens with one attached hydrogen (secondary N) is 1. The van der Waals surface area contributed by atoms with Crippen molar-refractivity contribution in [3.63, 3.8) is 0 Å². The first-order chi connectivity index (χ1) is 6.98. The highest BCUT2D eigenvalue weighted by atomic mass is 79.9. The van der Waals surface area contributed by atoms with Crippen molar-refractivity contribution >= 4 is 27.3 Å². The zero-order chi connectivity index (χ0) is 11.5. The highest BCUT2D eigenvalue weighted by molar-refractivity contribution is 9.10. The Morgan fingerprint density at radius 3 is 2.60 bits per heavy atom. The SMILES string of the molecule is CNCC(C)(Cc1cc(Br)cs1)C(C)C. The summed E-state index contributed by atoms with van der Waals surface area (Å²) in [4.78, 5) is 1.47. The summed E-state index contributed by atoms with van der Waals surface area (Å²) in [5.74, 6) is 0.686. The highest BCUT2D eigenvalue weighted by Crippen LogP contribution is 2.33. The van der Waals surface area contributed by atoms with E-state index in [2.05, 4.69) is 53.5 Å². The fourth-order valence-electron chi connectivity index (χ4n) is 1.72. The van der Waals surface area contributed by atoms with E-state index in [-0.39, 0.29) is 0 Å². The molecule has 1 heterocycles. The van der Waals surface area contributed by atoms with Crippen LogP contribution in [0.1, 0.15) is 25.6 Å². The molecule has 1 aromatic rings. The van der Waals surface area contributed by atoms with Crippen molar-refractivity contribution in [2.45, 2.75) is 27.2 Å². The second-order valence-electron chi connectivity index (χ2n) is 4.75. The van der Waals surface area contributed by atoms with Gasteiger partial charge in [0.05, 0.1) is 0 Å². The number of rotatable bonds is 5. The molecule has 0 bridgehead atoms. The Morgan fingerprint density at radius 1 is 1.53 bits per heavy atom. The van der Waals surface area contributed by atoms with E-state index in [0.717, 1.165) is 13.0 Å². The minimum atomic E-state index is 0.346. The predicted molar refractivity (Wildman–Crippen MR) is 72.6 cm³/mol. The molecule has 1 unspecified atom stereocenters. The molecule has 1 nitrogen and oxygen atoms in total. The van der Waals surface area contributed by atoms with Crippen molar-refractivity contribution < 1.29 is 0 Å². The maximum atomic E-state index is 3.51. The highest BCUT2D eigenvalue weighted by Gasteiger charge is 2.28. The topological polar surface area (TPSA) is 12.0 Å². The molecule has 0 saturated heterocycles. The molecule has 0 aliphatic heterocycles. The van der Waals surface area contributed by atoms with Gasteiger partial charge in [0.25, 0.3) is 0 Å². The van der Waals surface area contributed by atoms with Crippen LogP contribution in [0.3, 0.4) is 0 Å². The van der Waals surface area contributed by atoms with Crippen LogP contribution in [-0.4, -0.2) is 13.6 Å². The molecule has 0 aliphatic carbocycles. The standard InChI is InChI=1S/C12H20BrNS/c1-9(2)12(3,8-14-4)6-11-5-10(13)7-15-11/h5,7,9,14H,6,8H2,1-4H3. The summed E-state index contributed by atoms with van der Waals surface area (Å²) in [6, 6.07) is 2.24. The van der Waals surface area contributed by atoms with E-state index < -0.39 is 0 Å². The van der Waals surface area contributed by atoms with Gasteiger partial charge in [-0.1, -0.05) is 20.8 Å².